The monoisotopic (exact) mass is 649 g/mol. The average molecular weight is 650 g/mol. The Kier molecular flexibility index (Phi) is 7.74. The van der Waals surface area contributed by atoms with Crippen molar-refractivity contribution in [2.75, 3.05) is 0 Å². The number of hydrogen-bond acceptors (Lipinski definition) is 8. The number of benzene rings is 5. The van der Waals surface area contributed by atoms with Gasteiger partial charge in [0.05, 0.1) is 23.1 Å². The van der Waals surface area contributed by atoms with E-state index in [0.29, 0.717) is 67.2 Å². The van der Waals surface area contributed by atoms with E-state index in [-0.39, 0.29) is 23.1 Å². The summed E-state index contributed by atoms with van der Waals surface area (Å²) >= 11 is 0. The predicted molar refractivity (Wildman–Crippen MR) is 189 cm³/mol. The molecule has 3 aromatic heterocycles. The van der Waals surface area contributed by atoms with Crippen LogP contribution in [-0.2, 0) is 0 Å². The summed E-state index contributed by atoms with van der Waals surface area (Å²) in [5.41, 5.74) is 1.38. The van der Waals surface area contributed by atoms with Gasteiger partial charge in [-0.15, -0.1) is 0 Å². The minimum absolute atomic E-state index is 0.0203. The van der Waals surface area contributed by atoms with Crippen molar-refractivity contribution in [1.29, 1.82) is 5.26 Å². The van der Waals surface area contributed by atoms with E-state index in [9.17, 15) is 5.26 Å². The van der Waals surface area contributed by atoms with Crippen molar-refractivity contribution in [1.82, 2.24) is 15.0 Å². The van der Waals surface area contributed by atoms with E-state index in [1.165, 1.54) is 0 Å². The molecule has 0 unspecified atom stereocenters. The van der Waals surface area contributed by atoms with Crippen LogP contribution in [0.15, 0.2) is 140 Å². The number of para-hydroxylation sites is 4. The van der Waals surface area contributed by atoms with Crippen LogP contribution in [0, 0.1) is 17.9 Å². The second-order valence-electron chi connectivity index (χ2n) is 11.0. The molecule has 0 bridgehead atoms. The highest BCUT2D eigenvalue weighted by Gasteiger charge is 2.23. The van der Waals surface area contributed by atoms with Crippen molar-refractivity contribution in [3.05, 3.63) is 157 Å². The number of ether oxygens (including phenoxy) is 4. The third-order valence-corrected chi connectivity index (χ3v) is 7.76. The van der Waals surface area contributed by atoms with Crippen LogP contribution in [-0.4, -0.2) is 15.0 Å². The maximum atomic E-state index is 9.97. The van der Waals surface area contributed by atoms with Crippen molar-refractivity contribution >= 4 is 38.4 Å². The molecular weight excluding hydrogens is 626 g/mol. The molecule has 8 aromatic rings. The van der Waals surface area contributed by atoms with Gasteiger partial charge in [-0.3, -0.25) is 0 Å². The maximum Gasteiger partial charge on any atom is 0.263 e. The minimum Gasteiger partial charge on any atom is -0.452 e. The van der Waals surface area contributed by atoms with E-state index in [1.54, 1.807) is 12.1 Å². The summed E-state index contributed by atoms with van der Waals surface area (Å²) in [6, 6.07) is 44.4. The lowest BCUT2D eigenvalue weighted by Gasteiger charge is -2.17. The molecule has 0 fully saturated rings. The second-order valence-corrected chi connectivity index (χ2v) is 11.0. The first-order chi connectivity index (χ1) is 24.7. The van der Waals surface area contributed by atoms with Gasteiger partial charge < -0.3 is 18.9 Å². The van der Waals surface area contributed by atoms with Gasteiger partial charge in [0, 0.05) is 16.2 Å². The molecule has 9 nitrogen and oxygen atoms in total. The van der Waals surface area contributed by atoms with E-state index < -0.39 is 0 Å². The van der Waals surface area contributed by atoms with Crippen molar-refractivity contribution in [3.8, 4) is 52.3 Å². The normalized spacial score (nSPS) is 10.8. The lowest BCUT2D eigenvalue weighted by Crippen LogP contribution is -1.99. The summed E-state index contributed by atoms with van der Waals surface area (Å²) in [4.78, 5) is 18.3. The fourth-order valence-corrected chi connectivity index (χ4v) is 5.51. The fourth-order valence-electron chi connectivity index (χ4n) is 5.51. The van der Waals surface area contributed by atoms with E-state index in [1.807, 2.05) is 127 Å². The minimum atomic E-state index is -0.0203. The van der Waals surface area contributed by atoms with Gasteiger partial charge in [0.2, 0.25) is 5.69 Å². The first-order valence-corrected chi connectivity index (χ1v) is 15.5. The van der Waals surface area contributed by atoms with E-state index in [4.69, 9.17) is 35.5 Å². The van der Waals surface area contributed by atoms with E-state index >= 15 is 0 Å². The molecule has 0 radical (unpaired) electrons. The van der Waals surface area contributed by atoms with Crippen molar-refractivity contribution in [2.24, 2.45) is 0 Å². The zero-order valence-electron chi connectivity index (χ0n) is 26.1. The largest absolute Gasteiger partial charge is 0.452 e. The second kappa shape index (κ2) is 13.0. The van der Waals surface area contributed by atoms with Gasteiger partial charge in [-0.25, -0.2) is 19.8 Å². The van der Waals surface area contributed by atoms with Crippen LogP contribution in [0.5, 0.6) is 46.3 Å². The zero-order chi connectivity index (χ0) is 33.9. The fraction of sp³-hybridized carbons (Fsp3) is 0. The molecule has 0 N–H and O–H groups in total. The number of hydrogen-bond donors (Lipinski definition) is 0. The van der Waals surface area contributed by atoms with Gasteiger partial charge in [0.25, 0.3) is 11.8 Å². The topological polar surface area (TPSA) is 104 Å². The Morgan fingerprint density at radius 2 is 0.840 bits per heavy atom. The molecule has 0 saturated carbocycles. The Morgan fingerprint density at radius 3 is 1.22 bits per heavy atom. The third-order valence-electron chi connectivity index (χ3n) is 7.76. The van der Waals surface area contributed by atoms with Crippen molar-refractivity contribution in [2.45, 2.75) is 0 Å². The molecule has 0 aliphatic heterocycles. The highest BCUT2D eigenvalue weighted by atomic mass is 16.5. The number of nitriles is 1. The standard InChI is InChI=1S/C41H23N5O4/c1-43-33-22-30-37(44-34(33)25-42)31-23-35(47-26-14-6-2-7-15-26)41(50-29-20-12-5-13-21-29)46-39(31)32-24-36(48-27-16-8-3-9-17-27)40(45-38(30)32)49-28-18-10-4-11-19-28/h2-24H. The molecule has 0 aliphatic rings. The van der Waals surface area contributed by atoms with Crippen molar-refractivity contribution in [3.63, 3.8) is 0 Å². The number of fused-ring (bicyclic) bond motifs is 6. The summed E-state index contributed by atoms with van der Waals surface area (Å²) in [5, 5.41) is 11.6. The van der Waals surface area contributed by atoms with Crippen molar-refractivity contribution < 1.29 is 18.9 Å². The molecular formula is C41H23N5O4. The van der Waals surface area contributed by atoms with Gasteiger partial charge in [-0.2, -0.15) is 5.26 Å². The summed E-state index contributed by atoms with van der Waals surface area (Å²) in [6.45, 7) is 7.80. The predicted octanol–water partition coefficient (Wildman–Crippen LogP) is 10.9. The third kappa shape index (κ3) is 5.79. The number of pyridine rings is 3. The van der Waals surface area contributed by atoms with Crippen LogP contribution in [0.3, 0.4) is 0 Å². The van der Waals surface area contributed by atoms with Gasteiger partial charge in [-0.05, 0) is 66.7 Å². The molecule has 0 atom stereocenters. The van der Waals surface area contributed by atoms with Crippen LogP contribution in [0.4, 0.5) is 5.69 Å². The Balaban J connectivity index is 1.46. The first kappa shape index (κ1) is 29.9. The average Bonchev–Trinajstić information content (AvgIpc) is 3.17. The Hall–Kier alpha value is -7.49. The molecule has 50 heavy (non-hydrogen) atoms. The lowest BCUT2D eigenvalue weighted by molar-refractivity contribution is 0.406. The highest BCUT2D eigenvalue weighted by molar-refractivity contribution is 6.23. The van der Waals surface area contributed by atoms with Gasteiger partial charge >= 0.3 is 0 Å². The summed E-state index contributed by atoms with van der Waals surface area (Å²) in [6.07, 6.45) is 0. The molecule has 9 heteroatoms. The molecule has 5 aromatic carbocycles. The van der Waals surface area contributed by atoms with Crippen LogP contribution in [0.25, 0.3) is 37.6 Å². The van der Waals surface area contributed by atoms with Crippen LogP contribution >= 0.6 is 0 Å². The van der Waals surface area contributed by atoms with Crippen LogP contribution in [0.1, 0.15) is 5.69 Å². The molecule has 0 spiro atoms. The van der Waals surface area contributed by atoms with E-state index in [0.717, 1.165) is 0 Å². The lowest BCUT2D eigenvalue weighted by atomic mass is 10.0. The van der Waals surface area contributed by atoms with E-state index in [2.05, 4.69) is 15.9 Å². The van der Waals surface area contributed by atoms with Gasteiger partial charge in [-0.1, -0.05) is 72.8 Å². The quantitative estimate of drug-likeness (QED) is 0.118. The molecule has 0 aliphatic carbocycles. The van der Waals surface area contributed by atoms with Crippen LogP contribution in [0.2, 0.25) is 0 Å². The summed E-state index contributed by atoms with van der Waals surface area (Å²) in [5.74, 6) is 3.28. The SMILES string of the molecule is [C-]#[N+]c1cc2c(nc1C#N)c1cc(Oc3ccccc3)c(Oc3ccccc3)nc1c1cc(Oc3ccccc3)c(Oc3ccccc3)nc21. The molecule has 0 saturated heterocycles. The Labute approximate surface area is 286 Å². The molecule has 8 rings (SSSR count). The van der Waals surface area contributed by atoms with Crippen LogP contribution < -0.4 is 18.9 Å². The Morgan fingerprint density at radius 1 is 0.480 bits per heavy atom. The molecule has 0 amide bonds. The van der Waals surface area contributed by atoms with Gasteiger partial charge in [0.1, 0.15) is 34.8 Å². The summed E-state index contributed by atoms with van der Waals surface area (Å²) in [7, 11) is 0. The number of aromatic nitrogens is 3. The molecule has 236 valence electrons. The first-order valence-electron chi connectivity index (χ1n) is 15.5. The highest BCUT2D eigenvalue weighted by Crippen LogP contribution is 2.45. The number of nitrogens with zero attached hydrogens (tertiary/aromatic N) is 5. The van der Waals surface area contributed by atoms with Gasteiger partial charge in [0.15, 0.2) is 11.5 Å². The molecule has 3 heterocycles. The smallest absolute Gasteiger partial charge is 0.263 e. The zero-order valence-corrected chi connectivity index (χ0v) is 26.1. The Bertz CT molecular complexity index is 2420. The maximum absolute atomic E-state index is 9.97. The number of rotatable bonds is 8. The summed E-state index contributed by atoms with van der Waals surface area (Å²) < 4.78 is 25.4.